The van der Waals surface area contributed by atoms with Gasteiger partial charge in [0.15, 0.2) is 0 Å². The van der Waals surface area contributed by atoms with Crippen molar-refractivity contribution in [3.8, 4) is 0 Å². The van der Waals surface area contributed by atoms with Gasteiger partial charge in [-0.1, -0.05) is 46.5 Å². The lowest BCUT2D eigenvalue weighted by Crippen LogP contribution is -2.24. The minimum absolute atomic E-state index is 0.960. The molecular formula is C12H23. The first-order valence-electron chi connectivity index (χ1n) is 5.57. The summed E-state index contributed by atoms with van der Waals surface area (Å²) >= 11 is 0. The minimum atomic E-state index is 0.960. The van der Waals surface area contributed by atoms with Gasteiger partial charge in [0.25, 0.3) is 0 Å². The molecule has 0 aromatic heterocycles. The van der Waals surface area contributed by atoms with Gasteiger partial charge in [-0.2, -0.15) is 0 Å². The third-order valence-electron chi connectivity index (χ3n) is 3.63. The van der Waals surface area contributed by atoms with Crippen LogP contribution in [0.2, 0.25) is 0 Å². The maximum Gasteiger partial charge on any atom is -0.0383 e. The van der Waals surface area contributed by atoms with Crippen LogP contribution in [0.3, 0.4) is 0 Å². The van der Waals surface area contributed by atoms with E-state index < -0.39 is 0 Å². The molecule has 0 heteroatoms. The van der Waals surface area contributed by atoms with Gasteiger partial charge in [-0.15, -0.1) is 0 Å². The van der Waals surface area contributed by atoms with E-state index in [4.69, 9.17) is 0 Å². The Morgan fingerprint density at radius 2 is 2.00 bits per heavy atom. The predicted molar refractivity (Wildman–Crippen MR) is 54.9 cm³/mol. The van der Waals surface area contributed by atoms with Crippen LogP contribution in [0.1, 0.15) is 52.9 Å². The molecule has 0 aromatic rings. The lowest BCUT2D eigenvalue weighted by Gasteiger charge is -2.34. The van der Waals surface area contributed by atoms with Crippen LogP contribution in [-0.2, 0) is 0 Å². The van der Waals surface area contributed by atoms with Crippen LogP contribution in [0.5, 0.6) is 0 Å². The fourth-order valence-electron chi connectivity index (χ4n) is 2.41. The Kier molecular flexibility index (Phi) is 4.11. The van der Waals surface area contributed by atoms with Gasteiger partial charge in [0.1, 0.15) is 0 Å². The highest BCUT2D eigenvalue weighted by Gasteiger charge is 2.25. The van der Waals surface area contributed by atoms with Gasteiger partial charge in [-0.05, 0) is 30.6 Å². The lowest BCUT2D eigenvalue weighted by molar-refractivity contribution is 0.180. The molecule has 1 fully saturated rings. The highest BCUT2D eigenvalue weighted by Crippen LogP contribution is 2.36. The third-order valence-corrected chi connectivity index (χ3v) is 3.63. The summed E-state index contributed by atoms with van der Waals surface area (Å²) < 4.78 is 0. The molecule has 1 rings (SSSR count). The Morgan fingerprint density at radius 3 is 2.67 bits per heavy atom. The topological polar surface area (TPSA) is 0 Å². The molecule has 0 aliphatic heterocycles. The zero-order valence-electron chi connectivity index (χ0n) is 8.84. The van der Waals surface area contributed by atoms with Gasteiger partial charge in [-0.3, -0.25) is 0 Å². The largest absolute Gasteiger partial charge is 0.0651 e. The molecule has 0 aromatic carbocycles. The number of unbranched alkanes of at least 4 members (excludes halogenated alkanes) is 1. The molecular weight excluding hydrogens is 144 g/mol. The van der Waals surface area contributed by atoms with Crippen molar-refractivity contribution in [1.29, 1.82) is 0 Å². The van der Waals surface area contributed by atoms with Gasteiger partial charge in [0, 0.05) is 0 Å². The lowest BCUT2D eigenvalue weighted by atomic mass is 9.72. The van der Waals surface area contributed by atoms with E-state index in [9.17, 15) is 0 Å². The first-order chi connectivity index (χ1) is 5.75. The Balaban J connectivity index is 2.30. The van der Waals surface area contributed by atoms with Crippen LogP contribution >= 0.6 is 0 Å². The normalized spacial score (nSPS) is 36.8. The Morgan fingerprint density at radius 1 is 1.25 bits per heavy atom. The van der Waals surface area contributed by atoms with E-state index in [0.29, 0.717) is 0 Å². The maximum absolute atomic E-state index is 2.46. The van der Waals surface area contributed by atoms with E-state index in [1.165, 1.54) is 32.1 Å². The summed E-state index contributed by atoms with van der Waals surface area (Å²) in [7, 11) is 0. The van der Waals surface area contributed by atoms with Crippen molar-refractivity contribution < 1.29 is 0 Å². The minimum Gasteiger partial charge on any atom is -0.0651 e. The van der Waals surface area contributed by atoms with Crippen molar-refractivity contribution in [2.24, 2.45) is 17.8 Å². The molecule has 0 saturated heterocycles. The summed E-state index contributed by atoms with van der Waals surface area (Å²) in [6.07, 6.45) is 9.47. The van der Waals surface area contributed by atoms with E-state index in [-0.39, 0.29) is 0 Å². The second-order valence-corrected chi connectivity index (χ2v) is 4.46. The molecule has 1 aliphatic carbocycles. The molecule has 1 radical (unpaired) electrons. The van der Waals surface area contributed by atoms with E-state index >= 15 is 0 Å². The number of hydrogen-bond donors (Lipinski definition) is 0. The van der Waals surface area contributed by atoms with Crippen LogP contribution in [0, 0.1) is 24.2 Å². The van der Waals surface area contributed by atoms with E-state index in [1.807, 2.05) is 0 Å². The monoisotopic (exact) mass is 167 g/mol. The fraction of sp³-hybridized carbons (Fsp3) is 0.917. The Bertz CT molecular complexity index is 117. The summed E-state index contributed by atoms with van der Waals surface area (Å²) in [5, 5.41) is 0. The quantitative estimate of drug-likeness (QED) is 0.594. The fourth-order valence-corrected chi connectivity index (χ4v) is 2.41. The van der Waals surface area contributed by atoms with Gasteiger partial charge in [0.2, 0.25) is 0 Å². The summed E-state index contributed by atoms with van der Waals surface area (Å²) in [5.74, 6) is 2.92. The van der Waals surface area contributed by atoms with E-state index in [2.05, 4.69) is 27.2 Å². The molecule has 0 amide bonds. The number of hydrogen-bond acceptors (Lipinski definition) is 0. The van der Waals surface area contributed by atoms with Crippen molar-refractivity contribution in [1.82, 2.24) is 0 Å². The van der Waals surface area contributed by atoms with Crippen LogP contribution < -0.4 is 0 Å². The molecule has 1 aliphatic rings. The zero-order chi connectivity index (χ0) is 8.97. The smallest absolute Gasteiger partial charge is 0.0383 e. The van der Waals surface area contributed by atoms with Gasteiger partial charge in [0.05, 0.1) is 0 Å². The Labute approximate surface area is 77.7 Å². The Hall–Kier alpha value is 0. The van der Waals surface area contributed by atoms with Crippen molar-refractivity contribution in [3.05, 3.63) is 6.42 Å². The number of rotatable bonds is 3. The SMILES string of the molecule is CC[CH]CC1CCCC(C)C1C. The van der Waals surface area contributed by atoms with Crippen molar-refractivity contribution >= 4 is 0 Å². The van der Waals surface area contributed by atoms with Gasteiger partial charge in [-0.25, -0.2) is 0 Å². The van der Waals surface area contributed by atoms with Gasteiger partial charge < -0.3 is 0 Å². The molecule has 0 bridgehead atoms. The molecule has 3 atom stereocenters. The highest BCUT2D eigenvalue weighted by molar-refractivity contribution is 4.80. The molecule has 0 heterocycles. The van der Waals surface area contributed by atoms with Crippen LogP contribution in [-0.4, -0.2) is 0 Å². The average molecular weight is 167 g/mol. The summed E-state index contributed by atoms with van der Waals surface area (Å²) in [6.45, 7) is 7.11. The molecule has 0 spiro atoms. The second kappa shape index (κ2) is 4.89. The van der Waals surface area contributed by atoms with E-state index in [1.54, 1.807) is 0 Å². The summed E-state index contributed by atoms with van der Waals surface area (Å²) in [5.41, 5.74) is 0. The van der Waals surface area contributed by atoms with E-state index in [0.717, 1.165) is 17.8 Å². The summed E-state index contributed by atoms with van der Waals surface area (Å²) in [4.78, 5) is 0. The highest BCUT2D eigenvalue weighted by atomic mass is 14.3. The van der Waals surface area contributed by atoms with Crippen LogP contribution in [0.15, 0.2) is 0 Å². The molecule has 3 unspecified atom stereocenters. The molecule has 12 heavy (non-hydrogen) atoms. The average Bonchev–Trinajstić information content (AvgIpc) is 2.08. The van der Waals surface area contributed by atoms with Crippen LogP contribution in [0.25, 0.3) is 0 Å². The first kappa shape index (κ1) is 10.1. The van der Waals surface area contributed by atoms with Crippen molar-refractivity contribution in [3.63, 3.8) is 0 Å². The maximum atomic E-state index is 2.46. The summed E-state index contributed by atoms with van der Waals surface area (Å²) in [6, 6.07) is 0. The van der Waals surface area contributed by atoms with Gasteiger partial charge >= 0.3 is 0 Å². The van der Waals surface area contributed by atoms with Crippen molar-refractivity contribution in [2.45, 2.75) is 52.9 Å². The standard InChI is InChI=1S/C12H23/c1-4-5-8-12-9-6-7-10(2)11(12)3/h5,10-12H,4,6-9H2,1-3H3. The molecule has 0 nitrogen and oxygen atoms in total. The third kappa shape index (κ3) is 2.50. The molecule has 1 saturated carbocycles. The second-order valence-electron chi connectivity index (χ2n) is 4.46. The van der Waals surface area contributed by atoms with Crippen molar-refractivity contribution in [2.75, 3.05) is 0 Å². The predicted octanol–water partition coefficient (Wildman–Crippen LogP) is 4.06. The van der Waals surface area contributed by atoms with Crippen LogP contribution in [0.4, 0.5) is 0 Å². The molecule has 71 valence electrons. The zero-order valence-corrected chi connectivity index (χ0v) is 8.84. The molecule has 0 N–H and O–H groups in total. The first-order valence-corrected chi connectivity index (χ1v) is 5.57.